The molecule has 4 rings (SSSR count). The molecular formula is C20H19BrN2O4. The molecule has 1 saturated carbocycles. The van der Waals surface area contributed by atoms with Crippen LogP contribution in [0.5, 0.6) is 11.5 Å². The summed E-state index contributed by atoms with van der Waals surface area (Å²) >= 11 is 3.45. The quantitative estimate of drug-likeness (QED) is 0.394. The lowest BCUT2D eigenvalue weighted by molar-refractivity contribution is -0.140. The van der Waals surface area contributed by atoms with Gasteiger partial charge in [-0.25, -0.2) is 0 Å². The third-order valence-electron chi connectivity index (χ3n) is 5.37. The average Bonchev–Trinajstić information content (AvgIpc) is 3.33. The van der Waals surface area contributed by atoms with Gasteiger partial charge in [-0.3, -0.25) is 9.59 Å². The number of carbonyl (C=O) groups is 2. The minimum atomic E-state index is -0.249. The molecule has 2 aliphatic carbocycles. The number of rotatable bonds is 6. The maximum absolute atomic E-state index is 12.7. The molecule has 0 radical (unpaired) electrons. The number of ether oxygens (including phenoxy) is 2. The van der Waals surface area contributed by atoms with Gasteiger partial charge in [0.15, 0.2) is 11.5 Å². The summed E-state index contributed by atoms with van der Waals surface area (Å²) in [5.74, 6) is 0.525. The molecule has 1 saturated heterocycles. The Hall–Kier alpha value is -2.41. The summed E-state index contributed by atoms with van der Waals surface area (Å²) in [7, 11) is 1.54. The number of benzene rings is 1. The van der Waals surface area contributed by atoms with E-state index in [9.17, 15) is 9.59 Å². The van der Waals surface area contributed by atoms with Crippen molar-refractivity contribution in [2.45, 2.75) is 6.42 Å². The number of fused-ring (bicyclic) bond motifs is 5. The number of halogens is 1. The van der Waals surface area contributed by atoms with E-state index < -0.39 is 0 Å². The molecular weight excluding hydrogens is 412 g/mol. The molecule has 7 heteroatoms. The van der Waals surface area contributed by atoms with Gasteiger partial charge >= 0.3 is 0 Å². The Labute approximate surface area is 165 Å². The maximum Gasteiger partial charge on any atom is 0.254 e. The third-order valence-corrected chi connectivity index (χ3v) is 5.96. The number of allylic oxidation sites excluding steroid dienone is 2. The van der Waals surface area contributed by atoms with E-state index in [1.807, 2.05) is 0 Å². The van der Waals surface area contributed by atoms with E-state index in [1.54, 1.807) is 25.3 Å². The van der Waals surface area contributed by atoms with Crippen LogP contribution in [0.4, 0.5) is 0 Å². The number of imide groups is 1. The van der Waals surface area contributed by atoms with Crippen LogP contribution < -0.4 is 9.47 Å². The van der Waals surface area contributed by atoms with Crippen molar-refractivity contribution in [1.82, 2.24) is 5.01 Å². The fraction of sp³-hybridized carbons (Fsp3) is 0.350. The topological polar surface area (TPSA) is 68.2 Å². The summed E-state index contributed by atoms with van der Waals surface area (Å²) in [6.07, 6.45) is 8.17. The SMILES string of the molecule is C=CCOc1c(Br)cc(C=NN2C(=O)C3C4C=CC(C4)C3C2=O)cc1OC. The van der Waals surface area contributed by atoms with E-state index in [-0.39, 0.29) is 35.5 Å². The predicted molar refractivity (Wildman–Crippen MR) is 104 cm³/mol. The zero-order valence-electron chi connectivity index (χ0n) is 14.8. The molecule has 2 fully saturated rings. The lowest BCUT2D eigenvalue weighted by Gasteiger charge is -2.13. The average molecular weight is 431 g/mol. The van der Waals surface area contributed by atoms with E-state index in [4.69, 9.17) is 9.47 Å². The van der Waals surface area contributed by atoms with Crippen LogP contribution in [0.15, 0.2) is 46.5 Å². The first-order chi connectivity index (χ1) is 13.0. The number of carbonyl (C=O) groups excluding carboxylic acids is 2. The first-order valence-corrected chi connectivity index (χ1v) is 9.55. The Bertz CT molecular complexity index is 849. The monoisotopic (exact) mass is 430 g/mol. The molecule has 2 amide bonds. The first-order valence-electron chi connectivity index (χ1n) is 8.76. The minimum absolute atomic E-state index is 0.173. The van der Waals surface area contributed by atoms with E-state index in [0.29, 0.717) is 28.1 Å². The summed E-state index contributed by atoms with van der Waals surface area (Å²) in [6, 6.07) is 3.53. The Morgan fingerprint density at radius 3 is 2.52 bits per heavy atom. The summed E-state index contributed by atoms with van der Waals surface area (Å²) in [5.41, 5.74) is 0.684. The number of amides is 2. The zero-order valence-corrected chi connectivity index (χ0v) is 16.4. The van der Waals surface area contributed by atoms with Crippen LogP contribution in [0.1, 0.15) is 12.0 Å². The van der Waals surface area contributed by atoms with Gasteiger partial charge in [-0.05, 0) is 51.9 Å². The summed E-state index contributed by atoms with van der Waals surface area (Å²) in [6.45, 7) is 3.97. The van der Waals surface area contributed by atoms with E-state index in [1.165, 1.54) is 6.21 Å². The van der Waals surface area contributed by atoms with Gasteiger partial charge < -0.3 is 9.47 Å². The minimum Gasteiger partial charge on any atom is -0.493 e. The molecule has 1 aromatic carbocycles. The highest BCUT2D eigenvalue weighted by atomic mass is 79.9. The number of hydrogen-bond acceptors (Lipinski definition) is 5. The maximum atomic E-state index is 12.7. The highest BCUT2D eigenvalue weighted by Gasteiger charge is 2.59. The summed E-state index contributed by atoms with van der Waals surface area (Å²) in [4.78, 5) is 25.3. The van der Waals surface area contributed by atoms with Gasteiger partial charge in [-0.2, -0.15) is 10.1 Å². The number of hydrogen-bond donors (Lipinski definition) is 0. The standard InChI is InChI=1S/C20H19BrN2O4/c1-3-6-27-18-14(21)7-11(8-15(18)26-2)10-22-23-19(24)16-12-4-5-13(9-12)17(16)20(23)25/h3-5,7-8,10,12-13,16-17H,1,6,9H2,2H3. The van der Waals surface area contributed by atoms with Crippen LogP contribution in [-0.2, 0) is 9.59 Å². The Balaban J connectivity index is 1.57. The lowest BCUT2D eigenvalue weighted by Crippen LogP contribution is -2.28. The van der Waals surface area contributed by atoms with E-state index >= 15 is 0 Å². The molecule has 27 heavy (non-hydrogen) atoms. The first kappa shape index (κ1) is 18.0. The van der Waals surface area contributed by atoms with Crippen LogP contribution in [0.2, 0.25) is 0 Å². The number of methoxy groups -OCH3 is 1. The fourth-order valence-corrected chi connectivity index (χ4v) is 4.80. The molecule has 0 N–H and O–H groups in total. The Kier molecular flexibility index (Phi) is 4.63. The Morgan fingerprint density at radius 1 is 1.26 bits per heavy atom. The van der Waals surface area contributed by atoms with Crippen molar-refractivity contribution in [2.75, 3.05) is 13.7 Å². The van der Waals surface area contributed by atoms with Crippen LogP contribution in [0.3, 0.4) is 0 Å². The number of nitrogens with zero attached hydrogens (tertiary/aromatic N) is 2. The van der Waals surface area contributed by atoms with Gasteiger partial charge in [0.05, 0.1) is 29.6 Å². The van der Waals surface area contributed by atoms with E-state index in [0.717, 1.165) is 11.4 Å². The second kappa shape index (κ2) is 6.96. The Morgan fingerprint density at radius 2 is 1.93 bits per heavy atom. The molecule has 2 bridgehead atoms. The van der Waals surface area contributed by atoms with Crippen LogP contribution in [-0.4, -0.2) is 36.8 Å². The van der Waals surface area contributed by atoms with Crippen LogP contribution in [0.25, 0.3) is 0 Å². The van der Waals surface area contributed by atoms with Crippen molar-refractivity contribution in [3.8, 4) is 11.5 Å². The van der Waals surface area contributed by atoms with Crippen LogP contribution in [0, 0.1) is 23.7 Å². The van der Waals surface area contributed by atoms with Gasteiger partial charge in [0.25, 0.3) is 11.8 Å². The molecule has 0 aromatic heterocycles. The van der Waals surface area contributed by atoms with Crippen molar-refractivity contribution in [3.63, 3.8) is 0 Å². The fourth-order valence-electron chi connectivity index (χ4n) is 4.22. The second-order valence-corrected chi connectivity index (χ2v) is 7.72. The van der Waals surface area contributed by atoms with Crippen molar-refractivity contribution < 1.29 is 19.1 Å². The second-order valence-electron chi connectivity index (χ2n) is 6.87. The highest BCUT2D eigenvalue weighted by molar-refractivity contribution is 9.10. The van der Waals surface area contributed by atoms with E-state index in [2.05, 4.69) is 39.8 Å². The van der Waals surface area contributed by atoms with Gasteiger partial charge in [0, 0.05) is 0 Å². The molecule has 140 valence electrons. The molecule has 3 aliphatic rings. The number of hydrazone groups is 1. The van der Waals surface area contributed by atoms with Gasteiger partial charge in [0.1, 0.15) is 6.61 Å². The van der Waals surface area contributed by atoms with Gasteiger partial charge in [-0.1, -0.05) is 24.8 Å². The predicted octanol–water partition coefficient (Wildman–Crippen LogP) is 3.16. The van der Waals surface area contributed by atoms with Crippen LogP contribution >= 0.6 is 15.9 Å². The summed E-state index contributed by atoms with van der Waals surface area (Å²) in [5, 5.41) is 5.22. The van der Waals surface area contributed by atoms with Gasteiger partial charge in [-0.15, -0.1) is 0 Å². The smallest absolute Gasteiger partial charge is 0.254 e. The summed E-state index contributed by atoms with van der Waals surface area (Å²) < 4.78 is 11.6. The zero-order chi connectivity index (χ0) is 19.1. The molecule has 4 atom stereocenters. The highest BCUT2D eigenvalue weighted by Crippen LogP contribution is 2.52. The lowest BCUT2D eigenvalue weighted by atomic mass is 9.85. The van der Waals surface area contributed by atoms with Crippen molar-refractivity contribution >= 4 is 34.0 Å². The molecule has 4 unspecified atom stereocenters. The van der Waals surface area contributed by atoms with Crippen molar-refractivity contribution in [1.29, 1.82) is 0 Å². The largest absolute Gasteiger partial charge is 0.493 e. The van der Waals surface area contributed by atoms with Gasteiger partial charge in [0.2, 0.25) is 0 Å². The molecule has 1 aromatic rings. The molecule has 6 nitrogen and oxygen atoms in total. The normalized spacial score (nSPS) is 28.3. The molecule has 1 heterocycles. The molecule has 1 aliphatic heterocycles. The third kappa shape index (κ3) is 2.90. The molecule has 0 spiro atoms. The van der Waals surface area contributed by atoms with Crippen molar-refractivity contribution in [3.05, 3.63) is 47.0 Å². The van der Waals surface area contributed by atoms with Crippen molar-refractivity contribution in [2.24, 2.45) is 28.8 Å².